The van der Waals surface area contributed by atoms with Crippen LogP contribution in [0.1, 0.15) is 25.5 Å². The first-order valence-electron chi connectivity index (χ1n) is 4.88. The summed E-state index contributed by atoms with van der Waals surface area (Å²) in [6.45, 7) is 5.31. The summed E-state index contributed by atoms with van der Waals surface area (Å²) < 4.78 is 2.86. The maximum Gasteiger partial charge on any atom is 0.128 e. The molecule has 0 bridgehead atoms. The number of rotatable bonds is 2. The van der Waals surface area contributed by atoms with E-state index in [1.54, 1.807) is 0 Å². The second-order valence-corrected chi connectivity index (χ2v) is 5.47. The SMILES string of the molecule is Cn1nc(Br)cc1C1C(CN)C1(C)C. The molecule has 0 amide bonds. The van der Waals surface area contributed by atoms with Crippen LogP contribution in [0.4, 0.5) is 0 Å². The smallest absolute Gasteiger partial charge is 0.128 e. The van der Waals surface area contributed by atoms with Gasteiger partial charge >= 0.3 is 0 Å². The highest BCUT2D eigenvalue weighted by Crippen LogP contribution is 2.63. The molecule has 2 unspecified atom stereocenters. The Kier molecular flexibility index (Phi) is 2.23. The fraction of sp³-hybridized carbons (Fsp3) is 0.700. The van der Waals surface area contributed by atoms with Gasteiger partial charge in [-0.15, -0.1) is 0 Å². The Morgan fingerprint density at radius 3 is 2.64 bits per heavy atom. The van der Waals surface area contributed by atoms with Crippen molar-refractivity contribution >= 4 is 15.9 Å². The molecule has 0 spiro atoms. The summed E-state index contributed by atoms with van der Waals surface area (Å²) in [6.07, 6.45) is 0. The van der Waals surface area contributed by atoms with Gasteiger partial charge in [-0.25, -0.2) is 0 Å². The number of nitrogens with two attached hydrogens (primary N) is 1. The monoisotopic (exact) mass is 257 g/mol. The van der Waals surface area contributed by atoms with Crippen molar-refractivity contribution in [2.24, 2.45) is 24.1 Å². The second kappa shape index (κ2) is 3.07. The Hall–Kier alpha value is -0.350. The lowest BCUT2D eigenvalue weighted by Crippen LogP contribution is -2.05. The standard InChI is InChI=1S/C10H16BrN3/c1-10(2)6(5-12)9(10)7-4-8(11)13-14(7)3/h4,6,9H,5,12H2,1-3H3. The molecule has 3 nitrogen and oxygen atoms in total. The quantitative estimate of drug-likeness (QED) is 0.880. The number of hydrogen-bond donors (Lipinski definition) is 1. The fourth-order valence-electron chi connectivity index (χ4n) is 2.51. The average Bonchev–Trinajstić information content (AvgIpc) is 2.46. The van der Waals surface area contributed by atoms with Crippen LogP contribution in [-0.2, 0) is 7.05 Å². The van der Waals surface area contributed by atoms with Gasteiger partial charge in [-0.05, 0) is 39.9 Å². The minimum atomic E-state index is 0.335. The summed E-state index contributed by atoms with van der Waals surface area (Å²) in [4.78, 5) is 0. The third-order valence-corrected chi connectivity index (χ3v) is 3.90. The van der Waals surface area contributed by atoms with Gasteiger partial charge in [0.1, 0.15) is 4.60 Å². The van der Waals surface area contributed by atoms with Gasteiger partial charge < -0.3 is 5.73 Å². The van der Waals surface area contributed by atoms with Crippen LogP contribution in [0.15, 0.2) is 10.7 Å². The van der Waals surface area contributed by atoms with E-state index in [4.69, 9.17) is 5.73 Å². The fourth-order valence-corrected chi connectivity index (χ4v) is 2.98. The lowest BCUT2D eigenvalue weighted by molar-refractivity contribution is 0.553. The van der Waals surface area contributed by atoms with Crippen LogP contribution in [-0.4, -0.2) is 16.3 Å². The van der Waals surface area contributed by atoms with E-state index in [0.29, 0.717) is 17.3 Å². The molecular formula is C10H16BrN3. The van der Waals surface area contributed by atoms with Crippen molar-refractivity contribution in [1.82, 2.24) is 9.78 Å². The molecular weight excluding hydrogens is 242 g/mol. The number of aromatic nitrogens is 2. The van der Waals surface area contributed by atoms with Crippen LogP contribution in [0, 0.1) is 11.3 Å². The van der Waals surface area contributed by atoms with Crippen molar-refractivity contribution < 1.29 is 0 Å². The number of hydrogen-bond acceptors (Lipinski definition) is 2. The van der Waals surface area contributed by atoms with Gasteiger partial charge in [-0.3, -0.25) is 4.68 Å². The van der Waals surface area contributed by atoms with Gasteiger partial charge in [0.25, 0.3) is 0 Å². The second-order valence-electron chi connectivity index (χ2n) is 4.66. The molecule has 0 aromatic carbocycles. The first kappa shape index (κ1) is 10.2. The van der Waals surface area contributed by atoms with Crippen LogP contribution < -0.4 is 5.73 Å². The van der Waals surface area contributed by atoms with Crippen LogP contribution in [0.3, 0.4) is 0 Å². The van der Waals surface area contributed by atoms with Gasteiger partial charge in [0.05, 0.1) is 0 Å². The summed E-state index contributed by atoms with van der Waals surface area (Å²) >= 11 is 3.40. The molecule has 1 heterocycles. The zero-order valence-electron chi connectivity index (χ0n) is 8.79. The predicted molar refractivity (Wildman–Crippen MR) is 60.0 cm³/mol. The molecule has 1 aromatic rings. The van der Waals surface area contributed by atoms with Crippen molar-refractivity contribution in [3.8, 4) is 0 Å². The van der Waals surface area contributed by atoms with Crippen molar-refractivity contribution in [3.05, 3.63) is 16.4 Å². The highest BCUT2D eigenvalue weighted by molar-refractivity contribution is 9.10. The minimum absolute atomic E-state index is 0.335. The highest BCUT2D eigenvalue weighted by Gasteiger charge is 2.58. The lowest BCUT2D eigenvalue weighted by Gasteiger charge is -2.02. The molecule has 1 fully saturated rings. The van der Waals surface area contributed by atoms with Crippen molar-refractivity contribution in [3.63, 3.8) is 0 Å². The minimum Gasteiger partial charge on any atom is -0.330 e. The van der Waals surface area contributed by atoms with Crippen molar-refractivity contribution in [1.29, 1.82) is 0 Å². The van der Waals surface area contributed by atoms with E-state index in [-0.39, 0.29) is 0 Å². The molecule has 1 saturated carbocycles. The molecule has 0 saturated heterocycles. The third kappa shape index (κ3) is 1.32. The summed E-state index contributed by atoms with van der Waals surface area (Å²) in [6, 6.07) is 2.10. The van der Waals surface area contributed by atoms with Crippen LogP contribution >= 0.6 is 15.9 Å². The van der Waals surface area contributed by atoms with E-state index in [1.165, 1.54) is 5.69 Å². The maximum atomic E-state index is 5.75. The molecule has 1 aliphatic rings. The van der Waals surface area contributed by atoms with E-state index < -0.39 is 0 Å². The molecule has 0 radical (unpaired) electrons. The predicted octanol–water partition coefficient (Wildman–Crippen LogP) is 1.88. The Morgan fingerprint density at radius 1 is 1.64 bits per heavy atom. The van der Waals surface area contributed by atoms with Crippen LogP contribution in [0.5, 0.6) is 0 Å². The molecule has 78 valence electrons. The molecule has 1 aromatic heterocycles. The molecule has 2 rings (SSSR count). The molecule has 4 heteroatoms. The first-order valence-corrected chi connectivity index (χ1v) is 5.67. The van der Waals surface area contributed by atoms with E-state index in [2.05, 4.69) is 40.9 Å². The Morgan fingerprint density at radius 2 is 2.29 bits per heavy atom. The number of aryl methyl sites for hydroxylation is 1. The van der Waals surface area contributed by atoms with Crippen LogP contribution in [0.2, 0.25) is 0 Å². The topological polar surface area (TPSA) is 43.8 Å². The van der Waals surface area contributed by atoms with Crippen LogP contribution in [0.25, 0.3) is 0 Å². The Labute approximate surface area is 92.8 Å². The summed E-state index contributed by atoms with van der Waals surface area (Å²) in [5.74, 6) is 1.17. The summed E-state index contributed by atoms with van der Waals surface area (Å²) in [5.41, 5.74) is 7.38. The molecule has 14 heavy (non-hydrogen) atoms. The Bertz CT molecular complexity index is 356. The lowest BCUT2D eigenvalue weighted by atomic mass is 10.1. The summed E-state index contributed by atoms with van der Waals surface area (Å²) in [5, 5.41) is 4.30. The molecule has 2 N–H and O–H groups in total. The largest absolute Gasteiger partial charge is 0.330 e. The van der Waals surface area contributed by atoms with Crippen molar-refractivity contribution in [2.45, 2.75) is 19.8 Å². The normalized spacial score (nSPS) is 29.2. The van der Waals surface area contributed by atoms with E-state index >= 15 is 0 Å². The summed E-state index contributed by atoms with van der Waals surface area (Å²) in [7, 11) is 1.99. The molecule has 1 aliphatic carbocycles. The van der Waals surface area contributed by atoms with Gasteiger partial charge in [0, 0.05) is 18.7 Å². The van der Waals surface area contributed by atoms with Gasteiger partial charge in [0.2, 0.25) is 0 Å². The zero-order valence-corrected chi connectivity index (χ0v) is 10.4. The van der Waals surface area contributed by atoms with E-state index in [9.17, 15) is 0 Å². The van der Waals surface area contributed by atoms with Gasteiger partial charge in [-0.2, -0.15) is 5.10 Å². The highest BCUT2D eigenvalue weighted by atomic mass is 79.9. The number of halogens is 1. The van der Waals surface area contributed by atoms with Crippen molar-refractivity contribution in [2.75, 3.05) is 6.54 Å². The van der Waals surface area contributed by atoms with Gasteiger partial charge in [-0.1, -0.05) is 13.8 Å². The molecule has 0 aliphatic heterocycles. The van der Waals surface area contributed by atoms with Gasteiger partial charge in [0.15, 0.2) is 0 Å². The first-order chi connectivity index (χ1) is 6.48. The maximum absolute atomic E-state index is 5.75. The van der Waals surface area contributed by atoms with E-state index in [0.717, 1.165) is 11.1 Å². The number of nitrogens with zero attached hydrogens (tertiary/aromatic N) is 2. The molecule has 2 atom stereocenters. The zero-order chi connectivity index (χ0) is 10.5. The average molecular weight is 258 g/mol. The third-order valence-electron chi connectivity index (χ3n) is 3.51. The van der Waals surface area contributed by atoms with E-state index in [1.807, 2.05) is 11.7 Å². The Balaban J connectivity index is 2.30.